The molecule has 8 nitrogen and oxygen atoms in total. The summed E-state index contributed by atoms with van der Waals surface area (Å²) in [6, 6.07) is 6.85. The van der Waals surface area contributed by atoms with Gasteiger partial charge in [0.15, 0.2) is 6.10 Å². The Hall–Kier alpha value is -3.48. The van der Waals surface area contributed by atoms with E-state index in [0.29, 0.717) is 22.4 Å². The van der Waals surface area contributed by atoms with E-state index in [2.05, 4.69) is 19.6 Å². The number of carbonyl (C=O) groups excluding carboxylic acids is 1. The first-order chi connectivity index (χ1) is 15.9. The van der Waals surface area contributed by atoms with Gasteiger partial charge in [0.05, 0.1) is 16.9 Å². The molecule has 2 aromatic carbocycles. The summed E-state index contributed by atoms with van der Waals surface area (Å²) < 4.78 is 72.0. The number of carbonyl (C=O) groups is 1. The van der Waals surface area contributed by atoms with Crippen molar-refractivity contribution in [2.24, 2.45) is 4.36 Å². The predicted octanol–water partition coefficient (Wildman–Crippen LogP) is 4.19. The number of aromatic nitrogens is 2. The molecule has 0 radical (unpaired) electrons. The third kappa shape index (κ3) is 6.53. The predicted molar refractivity (Wildman–Crippen MR) is 121 cm³/mol. The zero-order chi connectivity index (χ0) is 25.0. The number of anilines is 2. The SMILES string of the molecule is Cc1cc(/N=[SH](/C)=O)cc2ncnc(Nc3ccc(F)cc3O[C@H](C)C(=O)NCC(F)(F)F)c12. The molecule has 1 aromatic heterocycles. The van der Waals surface area contributed by atoms with Gasteiger partial charge in [-0.25, -0.2) is 18.7 Å². The monoisotopic (exact) mass is 499 g/mol. The summed E-state index contributed by atoms with van der Waals surface area (Å²) in [5.74, 6) is -1.46. The van der Waals surface area contributed by atoms with Crippen molar-refractivity contribution in [2.75, 3.05) is 18.1 Å². The van der Waals surface area contributed by atoms with E-state index >= 15 is 0 Å². The van der Waals surface area contributed by atoms with Gasteiger partial charge >= 0.3 is 6.18 Å². The largest absolute Gasteiger partial charge is 0.479 e. The van der Waals surface area contributed by atoms with E-state index in [1.165, 1.54) is 25.6 Å². The summed E-state index contributed by atoms with van der Waals surface area (Å²) in [5.41, 5.74) is 1.95. The van der Waals surface area contributed by atoms with Crippen molar-refractivity contribution in [2.45, 2.75) is 26.1 Å². The molecule has 0 saturated heterocycles. The molecule has 3 aromatic rings. The number of thiol groups is 1. The van der Waals surface area contributed by atoms with Crippen LogP contribution in [0.15, 0.2) is 41.0 Å². The van der Waals surface area contributed by atoms with Crippen LogP contribution in [0.1, 0.15) is 12.5 Å². The lowest BCUT2D eigenvalue weighted by Gasteiger charge is -2.19. The highest BCUT2D eigenvalue weighted by Crippen LogP contribution is 2.34. The van der Waals surface area contributed by atoms with Gasteiger partial charge in [0, 0.05) is 28.3 Å². The van der Waals surface area contributed by atoms with E-state index in [0.717, 1.165) is 17.7 Å². The van der Waals surface area contributed by atoms with Gasteiger partial charge in [-0.3, -0.25) is 9.00 Å². The van der Waals surface area contributed by atoms with Crippen molar-refractivity contribution in [3.8, 4) is 5.75 Å². The number of nitrogens with zero attached hydrogens (tertiary/aromatic N) is 3. The Kier molecular flexibility index (Phi) is 7.54. The Morgan fingerprint density at radius 1 is 1.24 bits per heavy atom. The van der Waals surface area contributed by atoms with Crippen molar-refractivity contribution in [3.63, 3.8) is 0 Å². The number of hydrogen-bond acceptors (Lipinski definition) is 7. The van der Waals surface area contributed by atoms with Crippen LogP contribution in [0.2, 0.25) is 0 Å². The molecule has 13 heteroatoms. The zero-order valence-electron chi connectivity index (χ0n) is 18.3. The highest BCUT2D eigenvalue weighted by molar-refractivity contribution is 7.74. The maximum absolute atomic E-state index is 13.9. The zero-order valence-corrected chi connectivity index (χ0v) is 19.2. The number of benzene rings is 2. The van der Waals surface area contributed by atoms with Crippen LogP contribution in [0, 0.1) is 12.7 Å². The first kappa shape index (κ1) is 25.1. The Balaban J connectivity index is 1.91. The molecule has 34 heavy (non-hydrogen) atoms. The van der Waals surface area contributed by atoms with E-state index in [1.54, 1.807) is 24.4 Å². The fourth-order valence-electron chi connectivity index (χ4n) is 3.09. The molecule has 0 fully saturated rings. The third-order valence-corrected chi connectivity index (χ3v) is 5.02. The number of hydrogen-bond donors (Lipinski definition) is 3. The number of ether oxygens (including phenoxy) is 1. The Morgan fingerprint density at radius 2 is 1.97 bits per heavy atom. The molecular weight excluding hydrogens is 478 g/mol. The van der Waals surface area contributed by atoms with Crippen LogP contribution in [-0.2, 0) is 15.4 Å². The van der Waals surface area contributed by atoms with Crippen LogP contribution in [0.3, 0.4) is 0 Å². The average Bonchev–Trinajstić information content (AvgIpc) is 2.72. The smallest absolute Gasteiger partial charge is 0.405 e. The minimum absolute atomic E-state index is 0.103. The average molecular weight is 499 g/mol. The molecule has 3 rings (SSSR count). The first-order valence-electron chi connectivity index (χ1n) is 9.88. The second kappa shape index (κ2) is 10.2. The van der Waals surface area contributed by atoms with Crippen molar-refractivity contribution < 1.29 is 31.3 Å². The molecule has 0 aliphatic rings. The minimum atomic E-state index is -4.58. The number of fused-ring (bicyclic) bond motifs is 1. The van der Waals surface area contributed by atoms with E-state index < -0.39 is 41.1 Å². The van der Waals surface area contributed by atoms with Gasteiger partial charge in [0.1, 0.15) is 30.3 Å². The molecule has 182 valence electrons. The molecule has 0 aliphatic heterocycles. The van der Waals surface area contributed by atoms with Gasteiger partial charge in [-0.15, -0.1) is 0 Å². The van der Waals surface area contributed by atoms with Crippen LogP contribution in [0.25, 0.3) is 10.9 Å². The van der Waals surface area contributed by atoms with Crippen LogP contribution in [-0.4, -0.2) is 45.2 Å². The lowest BCUT2D eigenvalue weighted by molar-refractivity contribution is -0.142. The van der Waals surface area contributed by atoms with Crippen molar-refractivity contribution in [1.82, 2.24) is 15.3 Å². The highest BCUT2D eigenvalue weighted by Gasteiger charge is 2.29. The third-order valence-electron chi connectivity index (χ3n) is 4.51. The molecule has 0 aliphatic carbocycles. The lowest BCUT2D eigenvalue weighted by atomic mass is 10.1. The van der Waals surface area contributed by atoms with Crippen LogP contribution < -0.4 is 15.4 Å². The van der Waals surface area contributed by atoms with Crippen molar-refractivity contribution in [1.29, 1.82) is 0 Å². The Bertz CT molecular complexity index is 1310. The van der Waals surface area contributed by atoms with Crippen LogP contribution >= 0.6 is 0 Å². The van der Waals surface area contributed by atoms with Gasteiger partial charge in [-0.2, -0.15) is 13.2 Å². The summed E-state index contributed by atoms with van der Waals surface area (Å²) in [6.45, 7) is 1.52. The minimum Gasteiger partial charge on any atom is -0.479 e. The van der Waals surface area contributed by atoms with Gasteiger partial charge in [0.2, 0.25) is 0 Å². The van der Waals surface area contributed by atoms with E-state index in [-0.39, 0.29) is 11.4 Å². The summed E-state index contributed by atoms with van der Waals surface area (Å²) in [6.07, 6.45) is -3.15. The lowest BCUT2D eigenvalue weighted by Crippen LogP contribution is -2.41. The Labute approximate surface area is 194 Å². The molecule has 2 N–H and O–H groups in total. The van der Waals surface area contributed by atoms with E-state index in [1.807, 2.05) is 0 Å². The molecule has 0 saturated carbocycles. The molecule has 0 spiro atoms. The second-order valence-corrected chi connectivity index (χ2v) is 8.43. The van der Waals surface area contributed by atoms with E-state index in [9.17, 15) is 26.6 Å². The molecule has 2 atom stereocenters. The molecule has 1 amide bonds. The summed E-state index contributed by atoms with van der Waals surface area (Å²) in [7, 11) is -1.75. The van der Waals surface area contributed by atoms with Crippen LogP contribution in [0.5, 0.6) is 5.75 Å². The normalized spacial score (nSPS) is 13.5. The maximum Gasteiger partial charge on any atom is 0.405 e. The summed E-state index contributed by atoms with van der Waals surface area (Å²) in [4.78, 5) is 20.4. The molecule has 0 bridgehead atoms. The van der Waals surface area contributed by atoms with Gasteiger partial charge < -0.3 is 15.4 Å². The topological polar surface area (TPSA) is 106 Å². The van der Waals surface area contributed by atoms with Gasteiger partial charge in [-0.05, 0) is 43.7 Å². The standard InChI is InChI=1S/C21H21F4N5O3S/c1-11-6-14(30-34(3)32)8-16-18(11)19(28-10-27-16)29-15-5-4-13(22)7-17(15)33-12(2)20(31)26-9-21(23,24)25/h4-8,10,12,34H,9H2,1-3H3,(H,26,31)(H,27,28,29)/t12-/m1/s1. The number of rotatable bonds is 7. The van der Waals surface area contributed by atoms with Gasteiger partial charge in [-0.1, -0.05) is 0 Å². The number of halogens is 4. The van der Waals surface area contributed by atoms with Crippen molar-refractivity contribution >= 4 is 44.6 Å². The number of amides is 1. The number of aryl methyl sites for hydroxylation is 1. The molecular formula is C21H21F4N5O3S. The molecule has 1 heterocycles. The fourth-order valence-corrected chi connectivity index (χ4v) is 3.53. The fraction of sp³-hybridized carbons (Fsp3) is 0.286. The van der Waals surface area contributed by atoms with Gasteiger partial charge in [0.25, 0.3) is 5.91 Å². The maximum atomic E-state index is 13.9. The quantitative estimate of drug-likeness (QED) is 0.333. The number of alkyl halides is 3. The summed E-state index contributed by atoms with van der Waals surface area (Å²) >= 11 is 0. The van der Waals surface area contributed by atoms with Crippen molar-refractivity contribution in [3.05, 3.63) is 48.0 Å². The summed E-state index contributed by atoms with van der Waals surface area (Å²) in [5, 5.41) is 5.33. The van der Waals surface area contributed by atoms with Crippen LogP contribution in [0.4, 0.5) is 34.8 Å². The molecule has 1 unspecified atom stereocenters. The first-order valence-corrected chi connectivity index (χ1v) is 11.5. The van der Waals surface area contributed by atoms with E-state index in [4.69, 9.17) is 4.74 Å². The number of nitrogens with one attached hydrogen (secondary N) is 2. The highest BCUT2D eigenvalue weighted by atomic mass is 32.2. The Morgan fingerprint density at radius 3 is 2.65 bits per heavy atom. The second-order valence-electron chi connectivity index (χ2n) is 7.30.